The first kappa shape index (κ1) is 12.5. The molecule has 1 atom stereocenters. The highest BCUT2D eigenvalue weighted by molar-refractivity contribution is 5.42. The molecule has 0 spiro atoms. The van der Waals surface area contributed by atoms with Gasteiger partial charge in [0.05, 0.1) is 6.04 Å². The smallest absolute Gasteiger partial charge is 0.128 e. The van der Waals surface area contributed by atoms with Crippen LogP contribution in [0.5, 0.6) is 0 Å². The van der Waals surface area contributed by atoms with Crippen molar-refractivity contribution in [2.24, 2.45) is 5.84 Å². The fourth-order valence-corrected chi connectivity index (χ4v) is 2.04. The lowest BCUT2D eigenvalue weighted by Gasteiger charge is -2.18. The molecule has 18 heavy (non-hydrogen) atoms. The topological polar surface area (TPSA) is 77.0 Å². The summed E-state index contributed by atoms with van der Waals surface area (Å²) in [4.78, 5) is 4.09. The van der Waals surface area contributed by atoms with Gasteiger partial charge in [-0.3, -0.25) is 11.3 Å². The molecule has 2 aromatic rings. The molecule has 1 aromatic carbocycles. The van der Waals surface area contributed by atoms with Crippen LogP contribution in [0.3, 0.4) is 0 Å². The molecule has 0 fully saturated rings. The number of hydrazine groups is 1. The fourth-order valence-electron chi connectivity index (χ4n) is 2.04. The van der Waals surface area contributed by atoms with Gasteiger partial charge < -0.3 is 5.73 Å². The lowest BCUT2D eigenvalue weighted by Crippen LogP contribution is -2.30. The largest absolute Gasteiger partial charge is 0.383 e. The van der Waals surface area contributed by atoms with Crippen molar-refractivity contribution in [3.8, 4) is 0 Å². The second-order valence-corrected chi connectivity index (χ2v) is 4.33. The minimum absolute atomic E-state index is 0.0280. The molecule has 4 heteroatoms. The van der Waals surface area contributed by atoms with E-state index in [0.717, 1.165) is 12.0 Å². The maximum absolute atomic E-state index is 5.88. The minimum atomic E-state index is -0.0280. The molecule has 5 N–H and O–H groups in total. The second-order valence-electron chi connectivity index (χ2n) is 4.33. The summed E-state index contributed by atoms with van der Waals surface area (Å²) in [6.07, 6.45) is 2.47. The lowest BCUT2D eigenvalue weighted by atomic mass is 9.97. The van der Waals surface area contributed by atoms with Crippen molar-refractivity contribution in [2.75, 3.05) is 5.73 Å². The number of hydrogen-bond acceptors (Lipinski definition) is 4. The van der Waals surface area contributed by atoms with Crippen LogP contribution in [0.2, 0.25) is 0 Å². The van der Waals surface area contributed by atoms with Crippen LogP contribution in [-0.4, -0.2) is 4.98 Å². The van der Waals surface area contributed by atoms with E-state index in [1.54, 1.807) is 6.20 Å². The SMILES string of the molecule is Cc1ccccc1CC(NN)c1cccnc1N. The van der Waals surface area contributed by atoms with Crippen molar-refractivity contribution in [1.29, 1.82) is 0 Å². The Bertz CT molecular complexity index is 525. The summed E-state index contributed by atoms with van der Waals surface area (Å²) < 4.78 is 0. The predicted octanol–water partition coefficient (Wildman–Crippen LogP) is 1.72. The molecule has 94 valence electrons. The maximum Gasteiger partial charge on any atom is 0.128 e. The van der Waals surface area contributed by atoms with Gasteiger partial charge >= 0.3 is 0 Å². The van der Waals surface area contributed by atoms with Crippen LogP contribution in [0.15, 0.2) is 42.6 Å². The molecule has 0 saturated carbocycles. The summed E-state index contributed by atoms with van der Waals surface area (Å²) in [5.41, 5.74) is 12.1. The highest BCUT2D eigenvalue weighted by atomic mass is 15.2. The van der Waals surface area contributed by atoms with E-state index >= 15 is 0 Å². The average molecular weight is 242 g/mol. The van der Waals surface area contributed by atoms with Crippen LogP contribution in [-0.2, 0) is 6.42 Å². The molecular formula is C14H18N4. The summed E-state index contributed by atoms with van der Waals surface area (Å²) in [7, 11) is 0. The van der Waals surface area contributed by atoms with Crippen molar-refractivity contribution >= 4 is 5.82 Å². The van der Waals surface area contributed by atoms with Crippen molar-refractivity contribution in [3.05, 3.63) is 59.3 Å². The Hall–Kier alpha value is -1.91. The van der Waals surface area contributed by atoms with Gasteiger partial charge in [-0.15, -0.1) is 0 Å². The van der Waals surface area contributed by atoms with E-state index in [4.69, 9.17) is 11.6 Å². The molecule has 0 bridgehead atoms. The van der Waals surface area contributed by atoms with Gasteiger partial charge in [-0.05, 0) is 30.5 Å². The normalized spacial score (nSPS) is 12.3. The highest BCUT2D eigenvalue weighted by Gasteiger charge is 2.14. The molecular weight excluding hydrogens is 224 g/mol. The summed E-state index contributed by atoms with van der Waals surface area (Å²) >= 11 is 0. The molecule has 0 aliphatic rings. The first-order chi connectivity index (χ1) is 8.72. The Morgan fingerprint density at radius 2 is 2.00 bits per heavy atom. The van der Waals surface area contributed by atoms with E-state index in [0.29, 0.717) is 5.82 Å². The van der Waals surface area contributed by atoms with Gasteiger partial charge in [-0.2, -0.15) is 0 Å². The quantitative estimate of drug-likeness (QED) is 0.563. The van der Waals surface area contributed by atoms with Crippen LogP contribution in [0.4, 0.5) is 5.82 Å². The molecule has 1 heterocycles. The summed E-state index contributed by atoms with van der Waals surface area (Å²) in [6.45, 7) is 2.09. The van der Waals surface area contributed by atoms with Crippen LogP contribution in [0, 0.1) is 6.92 Å². The monoisotopic (exact) mass is 242 g/mol. The van der Waals surface area contributed by atoms with Gasteiger partial charge in [-0.25, -0.2) is 4.98 Å². The first-order valence-corrected chi connectivity index (χ1v) is 5.93. The standard InChI is InChI=1S/C14H18N4/c1-10-5-2-3-6-11(10)9-13(18-16)12-7-4-8-17-14(12)15/h2-8,13,18H,9,16H2,1H3,(H2,15,17). The van der Waals surface area contributed by atoms with Gasteiger partial charge in [0.1, 0.15) is 5.82 Å². The zero-order valence-corrected chi connectivity index (χ0v) is 10.4. The van der Waals surface area contributed by atoms with E-state index in [9.17, 15) is 0 Å². The number of anilines is 1. The minimum Gasteiger partial charge on any atom is -0.383 e. The molecule has 1 aromatic heterocycles. The van der Waals surface area contributed by atoms with E-state index in [1.807, 2.05) is 24.3 Å². The Morgan fingerprint density at radius 1 is 1.22 bits per heavy atom. The van der Waals surface area contributed by atoms with Crippen LogP contribution >= 0.6 is 0 Å². The molecule has 0 saturated heterocycles. The number of pyridine rings is 1. The van der Waals surface area contributed by atoms with Crippen molar-refractivity contribution in [2.45, 2.75) is 19.4 Å². The van der Waals surface area contributed by atoms with E-state index < -0.39 is 0 Å². The third kappa shape index (κ3) is 2.67. The molecule has 0 aliphatic heterocycles. The third-order valence-electron chi connectivity index (χ3n) is 3.13. The van der Waals surface area contributed by atoms with Gasteiger partial charge in [0.15, 0.2) is 0 Å². The number of aromatic nitrogens is 1. The van der Waals surface area contributed by atoms with Crippen molar-refractivity contribution in [3.63, 3.8) is 0 Å². The van der Waals surface area contributed by atoms with E-state index in [1.165, 1.54) is 11.1 Å². The number of nitrogens with two attached hydrogens (primary N) is 2. The Balaban J connectivity index is 2.26. The van der Waals surface area contributed by atoms with Gasteiger partial charge in [0.25, 0.3) is 0 Å². The van der Waals surface area contributed by atoms with E-state index in [2.05, 4.69) is 29.5 Å². The average Bonchev–Trinajstić information content (AvgIpc) is 2.39. The number of hydrogen-bond donors (Lipinski definition) is 3. The Morgan fingerprint density at radius 3 is 2.67 bits per heavy atom. The molecule has 0 aliphatic carbocycles. The van der Waals surface area contributed by atoms with Crippen LogP contribution in [0.1, 0.15) is 22.7 Å². The number of nitrogen functional groups attached to an aromatic ring is 1. The summed E-state index contributed by atoms with van der Waals surface area (Å²) in [5, 5.41) is 0. The van der Waals surface area contributed by atoms with Crippen LogP contribution < -0.4 is 17.0 Å². The number of rotatable bonds is 4. The number of benzene rings is 1. The molecule has 0 amide bonds. The third-order valence-corrected chi connectivity index (χ3v) is 3.13. The van der Waals surface area contributed by atoms with Gasteiger partial charge in [0, 0.05) is 11.8 Å². The zero-order chi connectivity index (χ0) is 13.0. The van der Waals surface area contributed by atoms with Crippen molar-refractivity contribution < 1.29 is 0 Å². The van der Waals surface area contributed by atoms with Crippen LogP contribution in [0.25, 0.3) is 0 Å². The zero-order valence-electron chi connectivity index (χ0n) is 10.4. The summed E-state index contributed by atoms with van der Waals surface area (Å²) in [5.74, 6) is 6.16. The predicted molar refractivity (Wildman–Crippen MR) is 73.6 cm³/mol. The fraction of sp³-hybridized carbons (Fsp3) is 0.214. The Labute approximate surface area is 107 Å². The molecule has 4 nitrogen and oxygen atoms in total. The van der Waals surface area contributed by atoms with E-state index in [-0.39, 0.29) is 6.04 Å². The lowest BCUT2D eigenvalue weighted by molar-refractivity contribution is 0.551. The second kappa shape index (κ2) is 5.62. The molecule has 2 rings (SSSR count). The molecule has 1 unspecified atom stereocenters. The summed E-state index contributed by atoms with van der Waals surface area (Å²) in [6, 6.07) is 12.0. The number of aryl methyl sites for hydroxylation is 1. The molecule has 0 radical (unpaired) electrons. The van der Waals surface area contributed by atoms with Gasteiger partial charge in [0.2, 0.25) is 0 Å². The number of nitrogens with one attached hydrogen (secondary N) is 1. The number of nitrogens with zero attached hydrogens (tertiary/aromatic N) is 1. The van der Waals surface area contributed by atoms with Gasteiger partial charge in [-0.1, -0.05) is 30.3 Å². The Kier molecular flexibility index (Phi) is 3.92. The first-order valence-electron chi connectivity index (χ1n) is 5.93. The maximum atomic E-state index is 5.88. The van der Waals surface area contributed by atoms with Crippen molar-refractivity contribution in [1.82, 2.24) is 10.4 Å². The highest BCUT2D eigenvalue weighted by Crippen LogP contribution is 2.22.